The van der Waals surface area contributed by atoms with Crippen LogP contribution in [-0.2, 0) is 0 Å². The van der Waals surface area contributed by atoms with Crippen LogP contribution in [0.5, 0.6) is 0 Å². The maximum absolute atomic E-state index is 13.6. The molecule has 6 heteroatoms. The van der Waals surface area contributed by atoms with Crippen LogP contribution in [0, 0.1) is 0 Å². The van der Waals surface area contributed by atoms with Gasteiger partial charge in [-0.3, -0.25) is 9.59 Å². The van der Waals surface area contributed by atoms with Crippen LogP contribution in [0.3, 0.4) is 0 Å². The number of carbonyl (C=O) groups excluding carboxylic acids is 2. The molecule has 0 unspecified atom stereocenters. The van der Waals surface area contributed by atoms with Gasteiger partial charge >= 0.3 is 0 Å². The van der Waals surface area contributed by atoms with E-state index in [1.807, 2.05) is 66.7 Å². The highest BCUT2D eigenvalue weighted by Crippen LogP contribution is 2.38. The number of carbonyl (C=O) groups is 2. The summed E-state index contributed by atoms with van der Waals surface area (Å²) in [6, 6.07) is 27.9. The van der Waals surface area contributed by atoms with Crippen molar-refractivity contribution in [2.45, 2.75) is 0 Å². The number of nitrogens with zero attached hydrogens (tertiary/aromatic N) is 3. The number of rotatable bonds is 3. The third-order valence-corrected chi connectivity index (χ3v) is 5.67. The molecule has 0 atom stereocenters. The number of benzene rings is 4. The Balaban J connectivity index is 1.67. The average Bonchev–Trinajstić information content (AvgIpc) is 3.27. The van der Waals surface area contributed by atoms with Crippen molar-refractivity contribution in [1.82, 2.24) is 15.0 Å². The highest BCUT2D eigenvalue weighted by molar-refractivity contribution is 6.33. The number of hydrogen-bond acceptors (Lipinski definition) is 5. The van der Waals surface area contributed by atoms with Gasteiger partial charge in [-0.2, -0.15) is 0 Å². The van der Waals surface area contributed by atoms with Gasteiger partial charge in [-0.15, -0.1) is 5.10 Å². The van der Waals surface area contributed by atoms with Crippen molar-refractivity contribution >= 4 is 34.0 Å². The van der Waals surface area contributed by atoms with Gasteiger partial charge in [0.15, 0.2) is 11.6 Å². The predicted octanol–water partition coefficient (Wildman–Crippen LogP) is 4.94. The molecule has 0 fully saturated rings. The van der Waals surface area contributed by atoms with Crippen LogP contribution in [-0.4, -0.2) is 26.6 Å². The van der Waals surface area contributed by atoms with Crippen molar-refractivity contribution < 1.29 is 9.59 Å². The second-order valence-electron chi connectivity index (χ2n) is 7.57. The first kappa shape index (κ1) is 18.2. The molecule has 6 nitrogen and oxygen atoms in total. The molecule has 1 N–H and O–H groups in total. The smallest absolute Gasteiger partial charge is 0.196 e. The zero-order chi connectivity index (χ0) is 21.7. The van der Waals surface area contributed by atoms with E-state index in [0.717, 1.165) is 11.4 Å². The summed E-state index contributed by atoms with van der Waals surface area (Å²) in [5.74, 6) is -0.429. The Hall–Kier alpha value is -4.58. The molecular weight excluding hydrogens is 400 g/mol. The van der Waals surface area contributed by atoms with E-state index < -0.39 is 0 Å². The lowest BCUT2D eigenvalue weighted by Gasteiger charge is -2.21. The lowest BCUT2D eigenvalue weighted by atomic mass is 9.82. The topological polar surface area (TPSA) is 76.9 Å². The summed E-state index contributed by atoms with van der Waals surface area (Å²) in [6.07, 6.45) is 0. The van der Waals surface area contributed by atoms with E-state index in [2.05, 4.69) is 15.6 Å². The van der Waals surface area contributed by atoms with Crippen LogP contribution in [0.15, 0.2) is 91.0 Å². The molecule has 5 aromatic rings. The maximum atomic E-state index is 13.6. The fourth-order valence-corrected chi connectivity index (χ4v) is 4.20. The van der Waals surface area contributed by atoms with E-state index in [-0.39, 0.29) is 17.1 Å². The Bertz CT molecular complexity index is 1520. The highest BCUT2D eigenvalue weighted by atomic mass is 16.1. The number of anilines is 2. The van der Waals surface area contributed by atoms with Gasteiger partial charge in [0.1, 0.15) is 5.52 Å². The summed E-state index contributed by atoms with van der Waals surface area (Å²) in [7, 11) is 0. The minimum atomic E-state index is -0.225. The third-order valence-electron chi connectivity index (χ3n) is 5.67. The summed E-state index contributed by atoms with van der Waals surface area (Å²) in [4.78, 5) is 27.1. The Morgan fingerprint density at radius 1 is 0.688 bits per heavy atom. The summed E-state index contributed by atoms with van der Waals surface area (Å²) in [5.41, 5.74) is 4.63. The predicted molar refractivity (Wildman–Crippen MR) is 122 cm³/mol. The molecule has 152 valence electrons. The normalized spacial score (nSPS) is 12.5. The lowest BCUT2D eigenvalue weighted by molar-refractivity contribution is 0.0981. The Kier molecular flexibility index (Phi) is 3.98. The van der Waals surface area contributed by atoms with E-state index in [9.17, 15) is 9.59 Å². The molecule has 0 aliphatic heterocycles. The first-order valence-corrected chi connectivity index (χ1v) is 10.2. The second-order valence-corrected chi connectivity index (χ2v) is 7.57. The first-order chi connectivity index (χ1) is 15.7. The fourth-order valence-electron chi connectivity index (χ4n) is 4.20. The quantitative estimate of drug-likeness (QED) is 0.442. The summed E-state index contributed by atoms with van der Waals surface area (Å²) >= 11 is 0. The van der Waals surface area contributed by atoms with Crippen LogP contribution < -0.4 is 5.32 Å². The van der Waals surface area contributed by atoms with Crippen molar-refractivity contribution in [2.75, 3.05) is 5.32 Å². The Labute approximate surface area is 183 Å². The van der Waals surface area contributed by atoms with Gasteiger partial charge < -0.3 is 5.32 Å². The van der Waals surface area contributed by atoms with E-state index >= 15 is 0 Å². The lowest BCUT2D eigenvalue weighted by Crippen LogP contribution is -2.22. The molecule has 0 bridgehead atoms. The minimum absolute atomic E-state index is 0.204. The molecular formula is C26H16N4O2. The van der Waals surface area contributed by atoms with Crippen LogP contribution in [0.25, 0.3) is 16.7 Å². The Morgan fingerprint density at radius 3 is 1.97 bits per heavy atom. The van der Waals surface area contributed by atoms with Gasteiger partial charge in [0.2, 0.25) is 0 Å². The number of hydrogen-bond donors (Lipinski definition) is 1. The summed E-state index contributed by atoms with van der Waals surface area (Å²) in [6.45, 7) is 0. The molecule has 32 heavy (non-hydrogen) atoms. The van der Waals surface area contributed by atoms with Crippen LogP contribution >= 0.6 is 0 Å². The van der Waals surface area contributed by atoms with Crippen molar-refractivity contribution in [2.24, 2.45) is 0 Å². The van der Waals surface area contributed by atoms with Crippen molar-refractivity contribution in [3.05, 3.63) is 113 Å². The molecule has 1 aliphatic carbocycles. The average molecular weight is 416 g/mol. The number of nitrogens with one attached hydrogen (secondary N) is 1. The standard InChI is InChI=1S/C26H16N4O2/c31-25-18-13-7-8-14-19(18)26(32)23-22(25)20(27-16-9-3-1-4-10-16)15-21-24(23)28-29-30(21)17-11-5-2-6-12-17/h1-15,27H. The molecule has 0 radical (unpaired) electrons. The van der Waals surface area contributed by atoms with Gasteiger partial charge in [-0.1, -0.05) is 65.9 Å². The molecule has 0 saturated heterocycles. The minimum Gasteiger partial charge on any atom is -0.355 e. The highest BCUT2D eigenvalue weighted by Gasteiger charge is 2.35. The van der Waals surface area contributed by atoms with Gasteiger partial charge in [0, 0.05) is 16.8 Å². The van der Waals surface area contributed by atoms with Gasteiger partial charge in [-0.05, 0) is 30.3 Å². The molecule has 1 heterocycles. The summed E-state index contributed by atoms with van der Waals surface area (Å²) < 4.78 is 1.68. The SMILES string of the molecule is O=C1c2ccccc2C(=O)c2c1c(Nc1ccccc1)cc1c2nnn1-c1ccccc1. The maximum Gasteiger partial charge on any atom is 0.196 e. The zero-order valence-corrected chi connectivity index (χ0v) is 16.8. The number of fused-ring (bicyclic) bond motifs is 4. The van der Waals surface area contributed by atoms with Crippen molar-refractivity contribution in [1.29, 1.82) is 0 Å². The molecule has 1 aliphatic rings. The number of ketones is 2. The Morgan fingerprint density at radius 2 is 1.28 bits per heavy atom. The molecule has 4 aromatic carbocycles. The van der Waals surface area contributed by atoms with E-state index in [0.29, 0.717) is 33.4 Å². The van der Waals surface area contributed by atoms with Gasteiger partial charge in [0.25, 0.3) is 0 Å². The molecule has 0 amide bonds. The molecule has 0 spiro atoms. The van der Waals surface area contributed by atoms with E-state index in [1.165, 1.54) is 0 Å². The first-order valence-electron chi connectivity index (χ1n) is 10.2. The monoisotopic (exact) mass is 416 g/mol. The van der Waals surface area contributed by atoms with E-state index in [1.54, 1.807) is 28.9 Å². The number of aromatic nitrogens is 3. The van der Waals surface area contributed by atoms with Crippen molar-refractivity contribution in [3.63, 3.8) is 0 Å². The van der Waals surface area contributed by atoms with Gasteiger partial charge in [-0.25, -0.2) is 4.68 Å². The van der Waals surface area contributed by atoms with Crippen molar-refractivity contribution in [3.8, 4) is 5.69 Å². The second kappa shape index (κ2) is 6.99. The molecule has 0 saturated carbocycles. The van der Waals surface area contributed by atoms with Crippen LogP contribution in [0.4, 0.5) is 11.4 Å². The van der Waals surface area contributed by atoms with Crippen LogP contribution in [0.1, 0.15) is 31.8 Å². The van der Waals surface area contributed by atoms with Crippen LogP contribution in [0.2, 0.25) is 0 Å². The van der Waals surface area contributed by atoms with E-state index in [4.69, 9.17) is 0 Å². The largest absolute Gasteiger partial charge is 0.355 e. The third kappa shape index (κ3) is 2.66. The summed E-state index contributed by atoms with van der Waals surface area (Å²) in [5, 5.41) is 12.0. The zero-order valence-electron chi connectivity index (χ0n) is 16.8. The van der Waals surface area contributed by atoms with Gasteiger partial charge in [0.05, 0.1) is 28.0 Å². The fraction of sp³-hybridized carbons (Fsp3) is 0. The number of para-hydroxylation sites is 2. The molecule has 6 rings (SSSR count). The molecule has 1 aromatic heterocycles.